The Morgan fingerprint density at radius 2 is 1.84 bits per heavy atom. The summed E-state index contributed by atoms with van der Waals surface area (Å²) in [4.78, 5) is 25.8. The third-order valence-electron chi connectivity index (χ3n) is 4.59. The van der Waals surface area contributed by atoms with Crippen molar-refractivity contribution in [3.05, 3.63) is 71.8 Å². The first-order valence-electron chi connectivity index (χ1n) is 8.26. The first-order valence-corrected chi connectivity index (χ1v) is 8.26. The van der Waals surface area contributed by atoms with Crippen LogP contribution in [0.4, 0.5) is 5.69 Å². The fraction of sp³-hybridized carbons (Fsp3) is 0.143. The van der Waals surface area contributed by atoms with Crippen LogP contribution in [0, 0.1) is 0 Å². The maximum Gasteiger partial charge on any atom is 0.264 e. The van der Waals surface area contributed by atoms with Gasteiger partial charge in [0.2, 0.25) is 0 Å². The molecule has 1 aliphatic heterocycles. The summed E-state index contributed by atoms with van der Waals surface area (Å²) >= 11 is 0. The van der Waals surface area contributed by atoms with E-state index in [4.69, 9.17) is 4.74 Å². The highest BCUT2D eigenvalue weighted by Crippen LogP contribution is 2.29. The number of anilines is 1. The average Bonchev–Trinajstić information content (AvgIpc) is 3.09. The highest BCUT2D eigenvalue weighted by Gasteiger charge is 2.24. The minimum absolute atomic E-state index is 0.0898. The molecular weight excluding hydrogens is 314 g/mol. The third kappa shape index (κ3) is 2.76. The fourth-order valence-electron chi connectivity index (χ4n) is 3.34. The highest BCUT2D eigenvalue weighted by molar-refractivity contribution is 6.01. The van der Waals surface area contributed by atoms with Gasteiger partial charge in [0, 0.05) is 12.2 Å². The molecule has 3 aromatic rings. The first-order chi connectivity index (χ1) is 12.3. The Labute approximate surface area is 145 Å². The summed E-state index contributed by atoms with van der Waals surface area (Å²) in [6.45, 7) is 0.577. The monoisotopic (exact) mass is 331 g/mol. The molecule has 0 radical (unpaired) electrons. The molecule has 0 aromatic heterocycles. The van der Waals surface area contributed by atoms with E-state index >= 15 is 0 Å². The van der Waals surface area contributed by atoms with Gasteiger partial charge in [0.25, 0.3) is 5.91 Å². The van der Waals surface area contributed by atoms with E-state index < -0.39 is 0 Å². The molecule has 0 N–H and O–H groups in total. The molecule has 0 saturated carbocycles. The van der Waals surface area contributed by atoms with Crippen LogP contribution in [0.15, 0.2) is 60.7 Å². The SMILES string of the molecule is O=Cc1c(OCC(=O)N2CCc3ccccc32)ccc2ccccc12. The van der Waals surface area contributed by atoms with Gasteiger partial charge >= 0.3 is 0 Å². The van der Waals surface area contributed by atoms with E-state index in [0.717, 1.165) is 29.2 Å². The van der Waals surface area contributed by atoms with Gasteiger partial charge in [0.15, 0.2) is 12.9 Å². The first kappa shape index (κ1) is 15.4. The van der Waals surface area contributed by atoms with Crippen LogP contribution in [0.3, 0.4) is 0 Å². The number of amides is 1. The number of rotatable bonds is 4. The Morgan fingerprint density at radius 1 is 1.04 bits per heavy atom. The molecule has 25 heavy (non-hydrogen) atoms. The van der Waals surface area contributed by atoms with Gasteiger partial charge in [0.1, 0.15) is 5.75 Å². The Balaban J connectivity index is 1.55. The van der Waals surface area contributed by atoms with E-state index in [1.807, 2.05) is 54.6 Å². The van der Waals surface area contributed by atoms with Crippen molar-refractivity contribution < 1.29 is 14.3 Å². The van der Waals surface area contributed by atoms with Gasteiger partial charge in [-0.25, -0.2) is 0 Å². The minimum Gasteiger partial charge on any atom is -0.483 e. The number of nitrogens with zero attached hydrogens (tertiary/aromatic N) is 1. The lowest BCUT2D eigenvalue weighted by molar-refractivity contribution is -0.120. The van der Waals surface area contributed by atoms with E-state index in [2.05, 4.69) is 0 Å². The van der Waals surface area contributed by atoms with Crippen molar-refractivity contribution in [3.8, 4) is 5.75 Å². The minimum atomic E-state index is -0.102. The molecular formula is C21H17NO3. The van der Waals surface area contributed by atoms with Crippen molar-refractivity contribution in [2.75, 3.05) is 18.1 Å². The number of carbonyl (C=O) groups excluding carboxylic acids is 2. The molecule has 1 amide bonds. The van der Waals surface area contributed by atoms with E-state index in [9.17, 15) is 9.59 Å². The quantitative estimate of drug-likeness (QED) is 0.686. The molecule has 1 aliphatic rings. The molecule has 4 rings (SSSR count). The van der Waals surface area contributed by atoms with Crippen molar-refractivity contribution in [2.45, 2.75) is 6.42 Å². The van der Waals surface area contributed by atoms with Crippen LogP contribution in [-0.4, -0.2) is 25.3 Å². The number of carbonyl (C=O) groups is 2. The smallest absolute Gasteiger partial charge is 0.264 e. The summed E-state index contributed by atoms with van der Waals surface area (Å²) in [5.74, 6) is 0.337. The third-order valence-corrected chi connectivity index (χ3v) is 4.59. The average molecular weight is 331 g/mol. The summed E-state index contributed by atoms with van der Waals surface area (Å²) in [5.41, 5.74) is 2.60. The number of para-hydroxylation sites is 1. The highest BCUT2D eigenvalue weighted by atomic mass is 16.5. The molecule has 3 aromatic carbocycles. The molecule has 1 heterocycles. The molecule has 0 bridgehead atoms. The number of ether oxygens (including phenoxy) is 1. The van der Waals surface area contributed by atoms with E-state index in [1.165, 1.54) is 5.56 Å². The predicted molar refractivity (Wildman–Crippen MR) is 97.3 cm³/mol. The molecule has 0 spiro atoms. The second kappa shape index (κ2) is 6.40. The number of hydrogen-bond donors (Lipinski definition) is 0. The summed E-state index contributed by atoms with van der Waals surface area (Å²) < 4.78 is 5.70. The van der Waals surface area contributed by atoms with Crippen LogP contribution in [-0.2, 0) is 11.2 Å². The molecule has 0 fully saturated rings. The van der Waals surface area contributed by atoms with E-state index in [1.54, 1.807) is 11.0 Å². The lowest BCUT2D eigenvalue weighted by Gasteiger charge is -2.18. The van der Waals surface area contributed by atoms with E-state index in [-0.39, 0.29) is 12.5 Å². The standard InChI is InChI=1S/C21H17NO3/c23-13-18-17-7-3-1-5-15(17)9-10-20(18)25-14-21(24)22-12-11-16-6-2-4-8-19(16)22/h1-10,13H,11-12,14H2. The molecule has 0 atom stereocenters. The lowest BCUT2D eigenvalue weighted by Crippen LogP contribution is -2.33. The number of hydrogen-bond acceptors (Lipinski definition) is 3. The summed E-state index contributed by atoms with van der Waals surface area (Å²) in [5, 5.41) is 1.80. The molecule has 0 unspecified atom stereocenters. The van der Waals surface area contributed by atoms with Crippen LogP contribution in [0.2, 0.25) is 0 Å². The second-order valence-corrected chi connectivity index (χ2v) is 6.03. The topological polar surface area (TPSA) is 46.6 Å². The Kier molecular flexibility index (Phi) is 3.94. The van der Waals surface area contributed by atoms with E-state index in [0.29, 0.717) is 17.9 Å². The fourth-order valence-corrected chi connectivity index (χ4v) is 3.34. The molecule has 0 saturated heterocycles. The van der Waals surface area contributed by atoms with Gasteiger partial charge in [-0.05, 0) is 34.9 Å². The predicted octanol–water partition coefficient (Wildman–Crippen LogP) is 3.62. The molecule has 124 valence electrons. The zero-order valence-corrected chi connectivity index (χ0v) is 13.6. The van der Waals surface area contributed by atoms with Crippen molar-refractivity contribution >= 4 is 28.7 Å². The summed E-state index contributed by atoms with van der Waals surface area (Å²) in [6, 6.07) is 19.2. The van der Waals surface area contributed by atoms with Crippen LogP contribution in [0.25, 0.3) is 10.8 Å². The van der Waals surface area contributed by atoms with Crippen molar-refractivity contribution in [1.82, 2.24) is 0 Å². The van der Waals surface area contributed by atoms with Crippen LogP contribution in [0.1, 0.15) is 15.9 Å². The van der Waals surface area contributed by atoms with Crippen LogP contribution < -0.4 is 9.64 Å². The summed E-state index contributed by atoms with van der Waals surface area (Å²) in [6.07, 6.45) is 1.64. The van der Waals surface area contributed by atoms with Crippen LogP contribution in [0.5, 0.6) is 5.75 Å². The van der Waals surface area contributed by atoms with Gasteiger partial charge in [0.05, 0.1) is 5.56 Å². The number of benzene rings is 3. The van der Waals surface area contributed by atoms with Gasteiger partial charge in [-0.2, -0.15) is 0 Å². The Bertz CT molecular complexity index is 964. The second-order valence-electron chi connectivity index (χ2n) is 6.03. The number of aldehydes is 1. The van der Waals surface area contributed by atoms with Crippen LogP contribution >= 0.6 is 0 Å². The van der Waals surface area contributed by atoms with Gasteiger partial charge in [-0.15, -0.1) is 0 Å². The zero-order chi connectivity index (χ0) is 17.2. The summed E-state index contributed by atoms with van der Waals surface area (Å²) in [7, 11) is 0. The lowest BCUT2D eigenvalue weighted by atomic mass is 10.0. The van der Waals surface area contributed by atoms with Gasteiger partial charge in [-0.3, -0.25) is 9.59 Å². The Hall–Kier alpha value is -3.14. The molecule has 4 heteroatoms. The van der Waals surface area contributed by atoms with Crippen molar-refractivity contribution in [3.63, 3.8) is 0 Å². The molecule has 0 aliphatic carbocycles. The molecule has 4 nitrogen and oxygen atoms in total. The van der Waals surface area contributed by atoms with Gasteiger partial charge < -0.3 is 9.64 Å². The van der Waals surface area contributed by atoms with Crippen molar-refractivity contribution in [1.29, 1.82) is 0 Å². The number of fused-ring (bicyclic) bond motifs is 2. The maximum absolute atomic E-state index is 12.6. The largest absolute Gasteiger partial charge is 0.483 e. The maximum atomic E-state index is 12.6. The van der Waals surface area contributed by atoms with Crippen molar-refractivity contribution in [2.24, 2.45) is 0 Å². The van der Waals surface area contributed by atoms with Gasteiger partial charge in [-0.1, -0.05) is 48.5 Å². The normalized spacial score (nSPS) is 12.9. The zero-order valence-electron chi connectivity index (χ0n) is 13.6. The Morgan fingerprint density at radius 3 is 2.72 bits per heavy atom.